The van der Waals surface area contributed by atoms with Crippen molar-refractivity contribution in [1.29, 1.82) is 0 Å². The zero-order chi connectivity index (χ0) is 15.9. The van der Waals surface area contributed by atoms with Gasteiger partial charge in [-0.2, -0.15) is 0 Å². The van der Waals surface area contributed by atoms with Gasteiger partial charge in [0.1, 0.15) is 0 Å². The fourth-order valence-corrected chi connectivity index (χ4v) is 2.49. The van der Waals surface area contributed by atoms with E-state index < -0.39 is 0 Å². The van der Waals surface area contributed by atoms with Crippen LogP contribution in [0.15, 0.2) is 24.3 Å². The Hall–Kier alpha value is -1.34. The van der Waals surface area contributed by atoms with Crippen molar-refractivity contribution < 1.29 is 9.59 Å². The molecule has 0 saturated carbocycles. The highest BCUT2D eigenvalue weighted by atomic mass is 35.5. The predicted octanol–water partition coefficient (Wildman–Crippen LogP) is 2.11. The average molecular weight is 377 g/mol. The molecule has 1 saturated heterocycles. The minimum atomic E-state index is -0.0610. The average Bonchev–Trinajstić information content (AvgIpc) is 2.92. The number of anilines is 2. The maximum atomic E-state index is 11.9. The number of rotatable bonds is 6. The van der Waals surface area contributed by atoms with Crippen LogP contribution in [0, 0.1) is 0 Å². The summed E-state index contributed by atoms with van der Waals surface area (Å²) < 4.78 is 0. The number of nitrogens with zero attached hydrogens (tertiary/aromatic N) is 1. The molecule has 6 nitrogen and oxygen atoms in total. The van der Waals surface area contributed by atoms with E-state index in [-0.39, 0.29) is 36.6 Å². The number of hydrogen-bond donors (Lipinski definition) is 3. The van der Waals surface area contributed by atoms with E-state index >= 15 is 0 Å². The number of halogens is 2. The van der Waals surface area contributed by atoms with Gasteiger partial charge in [0.2, 0.25) is 11.8 Å². The normalized spacial score (nSPS) is 16.0. The molecule has 1 atom stereocenters. The summed E-state index contributed by atoms with van der Waals surface area (Å²) in [5.74, 6) is -0.0436. The van der Waals surface area contributed by atoms with Crippen molar-refractivity contribution in [3.8, 4) is 0 Å². The molecule has 2 rings (SSSR count). The number of carbonyl (C=O) groups is 2. The Kier molecular flexibility index (Phi) is 10.6. The third-order valence-electron chi connectivity index (χ3n) is 3.51. The summed E-state index contributed by atoms with van der Waals surface area (Å²) in [5, 5.41) is 9.00. The predicted molar refractivity (Wildman–Crippen MR) is 102 cm³/mol. The fraction of sp³-hybridized carbons (Fsp3) is 0.500. The Morgan fingerprint density at radius 1 is 1.08 bits per heavy atom. The van der Waals surface area contributed by atoms with Gasteiger partial charge in [0.25, 0.3) is 0 Å². The van der Waals surface area contributed by atoms with Crippen molar-refractivity contribution in [3.05, 3.63) is 24.3 Å². The zero-order valence-electron chi connectivity index (χ0n) is 14.0. The van der Waals surface area contributed by atoms with Crippen LogP contribution >= 0.6 is 24.8 Å². The molecule has 1 heterocycles. The lowest BCUT2D eigenvalue weighted by Gasteiger charge is -2.12. The van der Waals surface area contributed by atoms with Crippen molar-refractivity contribution in [1.82, 2.24) is 10.2 Å². The second-order valence-electron chi connectivity index (χ2n) is 5.91. The van der Waals surface area contributed by atoms with Gasteiger partial charge in [-0.3, -0.25) is 9.59 Å². The SMILES string of the molecule is CN(C)CC(=O)Nc1ccc(NC(=O)CC2CCCN2)cc1.Cl.Cl. The quantitative estimate of drug-likeness (QED) is 0.710. The monoisotopic (exact) mass is 376 g/mol. The van der Waals surface area contributed by atoms with Crippen LogP contribution in [0.2, 0.25) is 0 Å². The summed E-state index contributed by atoms with van der Waals surface area (Å²) in [5.41, 5.74) is 1.47. The van der Waals surface area contributed by atoms with Crippen LogP contribution in [0.25, 0.3) is 0 Å². The van der Waals surface area contributed by atoms with Crippen molar-refractivity contribution >= 4 is 48.0 Å². The first-order chi connectivity index (χ1) is 10.5. The van der Waals surface area contributed by atoms with Gasteiger partial charge in [-0.25, -0.2) is 0 Å². The highest BCUT2D eigenvalue weighted by molar-refractivity contribution is 5.93. The first kappa shape index (κ1) is 22.7. The fourth-order valence-electron chi connectivity index (χ4n) is 2.49. The molecule has 1 aromatic rings. The van der Waals surface area contributed by atoms with Crippen molar-refractivity contribution in [2.75, 3.05) is 37.8 Å². The van der Waals surface area contributed by atoms with Gasteiger partial charge >= 0.3 is 0 Å². The van der Waals surface area contributed by atoms with Crippen molar-refractivity contribution in [2.24, 2.45) is 0 Å². The Morgan fingerprint density at radius 2 is 1.62 bits per heavy atom. The van der Waals surface area contributed by atoms with E-state index in [1.807, 2.05) is 14.1 Å². The molecule has 8 heteroatoms. The Morgan fingerprint density at radius 3 is 2.08 bits per heavy atom. The first-order valence-corrected chi connectivity index (χ1v) is 7.61. The Balaban J connectivity index is 0.00000264. The molecule has 1 aromatic carbocycles. The highest BCUT2D eigenvalue weighted by Gasteiger charge is 2.17. The first-order valence-electron chi connectivity index (χ1n) is 7.61. The van der Waals surface area contributed by atoms with Gasteiger partial charge in [0.15, 0.2) is 0 Å². The molecule has 0 spiro atoms. The van der Waals surface area contributed by atoms with Gasteiger partial charge in [-0.1, -0.05) is 0 Å². The number of amides is 2. The molecule has 0 bridgehead atoms. The molecule has 1 aliphatic heterocycles. The lowest BCUT2D eigenvalue weighted by molar-refractivity contribution is -0.117. The summed E-state index contributed by atoms with van der Waals surface area (Å²) in [4.78, 5) is 25.4. The number of nitrogens with one attached hydrogen (secondary N) is 3. The second kappa shape index (κ2) is 11.3. The zero-order valence-corrected chi connectivity index (χ0v) is 15.6. The van der Waals surface area contributed by atoms with E-state index in [2.05, 4.69) is 16.0 Å². The van der Waals surface area contributed by atoms with Gasteiger partial charge in [0, 0.05) is 23.8 Å². The van der Waals surface area contributed by atoms with Gasteiger partial charge in [-0.15, -0.1) is 24.8 Å². The van der Waals surface area contributed by atoms with Gasteiger partial charge < -0.3 is 20.9 Å². The van der Waals surface area contributed by atoms with Crippen LogP contribution in [0.1, 0.15) is 19.3 Å². The molecule has 0 radical (unpaired) electrons. The molecular formula is C16H26Cl2N4O2. The molecule has 136 valence electrons. The molecule has 0 aliphatic carbocycles. The summed E-state index contributed by atoms with van der Waals surface area (Å²) >= 11 is 0. The smallest absolute Gasteiger partial charge is 0.238 e. The Bertz CT molecular complexity index is 517. The summed E-state index contributed by atoms with van der Waals surface area (Å²) in [6, 6.07) is 7.47. The molecule has 1 aliphatic rings. The topological polar surface area (TPSA) is 73.5 Å². The summed E-state index contributed by atoms with van der Waals surface area (Å²) in [7, 11) is 3.69. The van der Waals surface area contributed by atoms with Crippen LogP contribution in [0.4, 0.5) is 11.4 Å². The Labute approximate surface area is 155 Å². The second-order valence-corrected chi connectivity index (χ2v) is 5.91. The maximum Gasteiger partial charge on any atom is 0.238 e. The molecule has 2 amide bonds. The molecule has 3 N–H and O–H groups in total. The third-order valence-corrected chi connectivity index (χ3v) is 3.51. The lowest BCUT2D eigenvalue weighted by Crippen LogP contribution is -2.27. The van der Waals surface area contributed by atoms with E-state index in [1.54, 1.807) is 29.2 Å². The van der Waals surface area contributed by atoms with E-state index in [0.717, 1.165) is 30.8 Å². The summed E-state index contributed by atoms with van der Waals surface area (Å²) in [6.45, 7) is 1.34. The minimum Gasteiger partial charge on any atom is -0.326 e. The van der Waals surface area contributed by atoms with Crippen LogP contribution < -0.4 is 16.0 Å². The molecule has 24 heavy (non-hydrogen) atoms. The van der Waals surface area contributed by atoms with Crippen LogP contribution in [0.5, 0.6) is 0 Å². The number of hydrogen-bond acceptors (Lipinski definition) is 4. The van der Waals surface area contributed by atoms with E-state index in [4.69, 9.17) is 0 Å². The summed E-state index contributed by atoms with van der Waals surface area (Å²) in [6.07, 6.45) is 2.70. The molecule has 1 unspecified atom stereocenters. The molecular weight excluding hydrogens is 351 g/mol. The third kappa shape index (κ3) is 7.97. The highest BCUT2D eigenvalue weighted by Crippen LogP contribution is 2.15. The molecule has 1 fully saturated rings. The number of likely N-dealkylation sites (N-methyl/N-ethyl adjacent to an activating group) is 1. The maximum absolute atomic E-state index is 11.9. The van der Waals surface area contributed by atoms with Crippen molar-refractivity contribution in [2.45, 2.75) is 25.3 Å². The van der Waals surface area contributed by atoms with Crippen LogP contribution in [0.3, 0.4) is 0 Å². The lowest BCUT2D eigenvalue weighted by atomic mass is 10.1. The standard InChI is InChI=1S/C16H24N4O2.2ClH/c1-20(2)11-16(22)19-13-7-5-12(6-8-13)18-15(21)10-14-4-3-9-17-14;;/h5-8,14,17H,3-4,9-11H2,1-2H3,(H,18,21)(H,19,22);2*1H. The van der Waals surface area contributed by atoms with E-state index in [9.17, 15) is 9.59 Å². The molecule has 0 aromatic heterocycles. The van der Waals surface area contributed by atoms with E-state index in [1.165, 1.54) is 0 Å². The number of carbonyl (C=O) groups excluding carboxylic acids is 2. The largest absolute Gasteiger partial charge is 0.326 e. The van der Waals surface area contributed by atoms with Gasteiger partial charge in [0.05, 0.1) is 6.54 Å². The minimum absolute atomic E-state index is 0. The van der Waals surface area contributed by atoms with Crippen LogP contribution in [-0.4, -0.2) is 49.9 Å². The van der Waals surface area contributed by atoms with E-state index in [0.29, 0.717) is 19.0 Å². The van der Waals surface area contributed by atoms with Crippen LogP contribution in [-0.2, 0) is 9.59 Å². The van der Waals surface area contributed by atoms with Gasteiger partial charge in [-0.05, 0) is 57.7 Å². The number of benzene rings is 1. The van der Waals surface area contributed by atoms with Crippen molar-refractivity contribution in [3.63, 3.8) is 0 Å².